The number of aromatic nitrogens is 1. The lowest BCUT2D eigenvalue weighted by molar-refractivity contribution is -0.116. The molecule has 1 amide bonds. The molecule has 2 heterocycles. The Morgan fingerprint density at radius 1 is 1.03 bits per heavy atom. The third-order valence-electron chi connectivity index (χ3n) is 5.61. The first-order valence-corrected chi connectivity index (χ1v) is 10.5. The van der Waals surface area contributed by atoms with Crippen LogP contribution in [0.4, 0.5) is 5.69 Å². The molecular formula is C22H25ClN4O3. The Kier molecular flexibility index (Phi) is 6.34. The van der Waals surface area contributed by atoms with E-state index in [0.717, 1.165) is 37.0 Å². The first-order valence-electron chi connectivity index (χ1n) is 10.1. The first kappa shape index (κ1) is 20.8. The van der Waals surface area contributed by atoms with Gasteiger partial charge in [0.15, 0.2) is 0 Å². The van der Waals surface area contributed by atoms with Gasteiger partial charge in [-0.15, -0.1) is 0 Å². The van der Waals surface area contributed by atoms with Crippen LogP contribution in [0, 0.1) is 0 Å². The fraction of sp³-hybridized carbons (Fsp3) is 0.364. The summed E-state index contributed by atoms with van der Waals surface area (Å²) in [5.41, 5.74) is 0.892. The van der Waals surface area contributed by atoms with Gasteiger partial charge in [0.2, 0.25) is 5.91 Å². The van der Waals surface area contributed by atoms with Crippen LogP contribution in [-0.2, 0) is 4.79 Å². The summed E-state index contributed by atoms with van der Waals surface area (Å²) in [5, 5.41) is 14.6. The van der Waals surface area contributed by atoms with E-state index in [2.05, 4.69) is 20.1 Å². The predicted molar refractivity (Wildman–Crippen MR) is 120 cm³/mol. The zero-order chi connectivity index (χ0) is 21.1. The maximum atomic E-state index is 12.6. The number of carbonyl (C=O) groups excluding carboxylic acids is 1. The first-order chi connectivity index (χ1) is 14.5. The number of piperazine rings is 1. The van der Waals surface area contributed by atoms with Crippen molar-refractivity contribution >= 4 is 44.9 Å². The maximum Gasteiger partial charge on any atom is 0.256 e. The summed E-state index contributed by atoms with van der Waals surface area (Å²) >= 11 is 6.31. The number of fused-ring (bicyclic) bond motifs is 3. The monoisotopic (exact) mass is 428 g/mol. The zero-order valence-electron chi connectivity index (χ0n) is 16.7. The molecular weight excluding hydrogens is 404 g/mol. The van der Waals surface area contributed by atoms with Gasteiger partial charge in [0.05, 0.1) is 17.8 Å². The molecule has 2 aromatic carbocycles. The number of H-pyrrole nitrogens is 1. The van der Waals surface area contributed by atoms with E-state index in [-0.39, 0.29) is 18.1 Å². The van der Waals surface area contributed by atoms with E-state index in [1.54, 1.807) is 18.2 Å². The molecule has 4 rings (SSSR count). The number of benzene rings is 2. The van der Waals surface area contributed by atoms with Gasteiger partial charge in [-0.05, 0) is 23.6 Å². The number of pyridine rings is 1. The minimum absolute atomic E-state index is 0.120. The number of anilines is 1. The van der Waals surface area contributed by atoms with E-state index < -0.39 is 0 Å². The lowest BCUT2D eigenvalue weighted by Crippen LogP contribution is -2.47. The average molecular weight is 429 g/mol. The second kappa shape index (κ2) is 9.14. The lowest BCUT2D eigenvalue weighted by atomic mass is 10.1. The molecule has 1 aromatic heterocycles. The van der Waals surface area contributed by atoms with Crippen LogP contribution in [0.1, 0.15) is 6.42 Å². The van der Waals surface area contributed by atoms with Gasteiger partial charge >= 0.3 is 0 Å². The Balaban J connectivity index is 1.48. The third kappa shape index (κ3) is 4.49. The highest BCUT2D eigenvalue weighted by atomic mass is 35.5. The Bertz CT molecular complexity index is 1120. The number of nitrogens with zero attached hydrogens (tertiary/aromatic N) is 2. The van der Waals surface area contributed by atoms with Crippen molar-refractivity contribution in [3.63, 3.8) is 0 Å². The van der Waals surface area contributed by atoms with Gasteiger partial charge in [0.25, 0.3) is 5.56 Å². The fourth-order valence-corrected chi connectivity index (χ4v) is 4.22. The molecule has 0 saturated carbocycles. The van der Waals surface area contributed by atoms with E-state index >= 15 is 0 Å². The van der Waals surface area contributed by atoms with Crippen molar-refractivity contribution in [1.82, 2.24) is 14.8 Å². The van der Waals surface area contributed by atoms with Gasteiger partial charge in [-0.3, -0.25) is 14.5 Å². The molecule has 0 bridgehead atoms. The third-order valence-corrected chi connectivity index (χ3v) is 5.83. The van der Waals surface area contributed by atoms with Gasteiger partial charge in [-0.1, -0.05) is 29.8 Å². The van der Waals surface area contributed by atoms with Crippen LogP contribution in [0.25, 0.3) is 21.7 Å². The number of halogens is 1. The molecule has 7 nitrogen and oxygen atoms in total. The molecule has 0 unspecified atom stereocenters. The van der Waals surface area contributed by atoms with E-state index in [9.17, 15) is 9.59 Å². The molecule has 3 N–H and O–H groups in total. The second-order valence-corrected chi connectivity index (χ2v) is 8.02. The summed E-state index contributed by atoms with van der Waals surface area (Å²) in [4.78, 5) is 32.5. The molecule has 1 aliphatic rings. The van der Waals surface area contributed by atoms with Crippen molar-refractivity contribution < 1.29 is 9.90 Å². The van der Waals surface area contributed by atoms with Crippen LogP contribution in [0.3, 0.4) is 0 Å². The van der Waals surface area contributed by atoms with E-state index in [1.165, 1.54) is 0 Å². The quantitative estimate of drug-likeness (QED) is 0.524. The lowest BCUT2D eigenvalue weighted by Gasteiger charge is -2.34. The Morgan fingerprint density at radius 3 is 2.40 bits per heavy atom. The molecule has 0 atom stereocenters. The van der Waals surface area contributed by atoms with Gasteiger partial charge in [-0.2, -0.15) is 0 Å². The number of nitrogens with one attached hydrogen (secondary N) is 2. The van der Waals surface area contributed by atoms with Crippen molar-refractivity contribution in [2.75, 3.05) is 51.2 Å². The normalized spacial score (nSPS) is 15.7. The number of hydrogen-bond donors (Lipinski definition) is 3. The molecule has 8 heteroatoms. The minimum Gasteiger partial charge on any atom is -0.395 e. The van der Waals surface area contributed by atoms with E-state index in [4.69, 9.17) is 16.7 Å². The molecule has 3 aromatic rings. The smallest absolute Gasteiger partial charge is 0.256 e. The maximum absolute atomic E-state index is 12.6. The van der Waals surface area contributed by atoms with E-state index in [1.807, 2.05) is 18.2 Å². The summed E-state index contributed by atoms with van der Waals surface area (Å²) in [6.07, 6.45) is 0.353. The summed E-state index contributed by atoms with van der Waals surface area (Å²) in [6.45, 7) is 5.09. The van der Waals surface area contributed by atoms with Crippen LogP contribution in [0.2, 0.25) is 5.02 Å². The number of hydrogen-bond acceptors (Lipinski definition) is 5. The number of aliphatic hydroxyl groups is 1. The summed E-state index contributed by atoms with van der Waals surface area (Å²) in [7, 11) is 0. The summed E-state index contributed by atoms with van der Waals surface area (Å²) in [5.74, 6) is -0.120. The predicted octanol–water partition coefficient (Wildman–Crippen LogP) is 2.27. The molecule has 0 radical (unpaired) electrons. The van der Waals surface area contributed by atoms with Crippen LogP contribution >= 0.6 is 11.6 Å². The van der Waals surface area contributed by atoms with E-state index in [0.29, 0.717) is 41.1 Å². The largest absolute Gasteiger partial charge is 0.395 e. The van der Waals surface area contributed by atoms with Crippen molar-refractivity contribution in [2.24, 2.45) is 0 Å². The van der Waals surface area contributed by atoms with Crippen molar-refractivity contribution in [3.8, 4) is 0 Å². The van der Waals surface area contributed by atoms with Gasteiger partial charge in [0.1, 0.15) is 0 Å². The zero-order valence-corrected chi connectivity index (χ0v) is 17.4. The number of rotatable bonds is 6. The molecule has 30 heavy (non-hydrogen) atoms. The van der Waals surface area contributed by atoms with Crippen LogP contribution in [-0.4, -0.2) is 71.7 Å². The summed E-state index contributed by atoms with van der Waals surface area (Å²) in [6, 6.07) is 10.8. The minimum atomic E-state index is -0.198. The Hall–Kier alpha value is -2.45. The molecule has 158 valence electrons. The molecule has 0 aliphatic carbocycles. The Morgan fingerprint density at radius 2 is 1.70 bits per heavy atom. The van der Waals surface area contributed by atoms with Crippen molar-refractivity contribution in [2.45, 2.75) is 6.42 Å². The number of aromatic amines is 1. The number of carbonyl (C=O) groups is 1. The molecule has 1 saturated heterocycles. The second-order valence-electron chi connectivity index (χ2n) is 7.58. The van der Waals surface area contributed by atoms with Crippen molar-refractivity contribution in [1.29, 1.82) is 0 Å². The highest BCUT2D eigenvalue weighted by Crippen LogP contribution is 2.30. The number of amides is 1. The molecule has 1 aliphatic heterocycles. The molecule has 1 fully saturated rings. The number of β-amino-alcohol motifs (C(OH)–C–C–N with tert-alkyl or cyclic N) is 1. The highest BCUT2D eigenvalue weighted by molar-refractivity contribution is 6.32. The average Bonchev–Trinajstić information content (AvgIpc) is 2.74. The SMILES string of the molecule is O=C(CCN1CCN(CCO)CC1)Nc1cc(Cl)cc2c1[nH]c(=O)c1ccccc12. The van der Waals surface area contributed by atoms with Crippen LogP contribution < -0.4 is 10.9 Å². The number of aliphatic hydroxyl groups excluding tert-OH is 1. The van der Waals surface area contributed by atoms with Crippen LogP contribution in [0.15, 0.2) is 41.2 Å². The van der Waals surface area contributed by atoms with Crippen molar-refractivity contribution in [3.05, 3.63) is 51.8 Å². The topological polar surface area (TPSA) is 88.7 Å². The fourth-order valence-electron chi connectivity index (χ4n) is 4.00. The van der Waals surface area contributed by atoms with Gasteiger partial charge < -0.3 is 20.3 Å². The van der Waals surface area contributed by atoms with Crippen LogP contribution in [0.5, 0.6) is 0 Å². The van der Waals surface area contributed by atoms with Gasteiger partial charge in [-0.25, -0.2) is 0 Å². The molecule has 0 spiro atoms. The highest BCUT2D eigenvalue weighted by Gasteiger charge is 2.18. The van der Waals surface area contributed by atoms with Gasteiger partial charge in [0, 0.05) is 61.5 Å². The Labute approximate surface area is 179 Å². The standard InChI is InChI=1S/C22H25ClN4O3/c23-15-13-18-16-3-1-2-4-17(16)22(30)25-21(18)19(14-15)24-20(29)5-6-26-7-9-27(10-8-26)11-12-28/h1-4,13-14,28H,5-12H2,(H,24,29)(H,25,30). The summed E-state index contributed by atoms with van der Waals surface area (Å²) < 4.78 is 0.